The van der Waals surface area contributed by atoms with Gasteiger partial charge in [0.05, 0.1) is 11.5 Å². The molecule has 0 unspecified atom stereocenters. The van der Waals surface area contributed by atoms with Crippen LogP contribution in [0, 0.1) is 0 Å². The fourth-order valence-corrected chi connectivity index (χ4v) is 5.38. The van der Waals surface area contributed by atoms with E-state index >= 15 is 0 Å². The minimum absolute atomic E-state index is 0.0580. The van der Waals surface area contributed by atoms with Crippen LogP contribution in [0.2, 0.25) is 0 Å². The van der Waals surface area contributed by atoms with Gasteiger partial charge in [0.15, 0.2) is 16.4 Å². The van der Waals surface area contributed by atoms with E-state index in [4.69, 9.17) is 4.74 Å². The van der Waals surface area contributed by atoms with Gasteiger partial charge in [-0.3, -0.25) is 4.79 Å². The van der Waals surface area contributed by atoms with Crippen molar-refractivity contribution in [2.45, 2.75) is 19.0 Å². The predicted octanol–water partition coefficient (Wildman–Crippen LogP) is 2.52. The van der Waals surface area contributed by atoms with Gasteiger partial charge < -0.3 is 9.64 Å². The Kier molecular flexibility index (Phi) is 6.64. The van der Waals surface area contributed by atoms with E-state index in [1.54, 1.807) is 6.08 Å². The number of hydrogen-bond donors (Lipinski definition) is 0. The highest BCUT2D eigenvalue weighted by atomic mass is 32.2. The number of hydrogen-bond acceptors (Lipinski definition) is 6. The summed E-state index contributed by atoms with van der Waals surface area (Å²) < 4.78 is 28.8. The van der Waals surface area contributed by atoms with Crippen LogP contribution < -0.4 is 0 Å². The van der Waals surface area contributed by atoms with Gasteiger partial charge in [-0.05, 0) is 40.5 Å². The number of thiophene rings is 1. The lowest BCUT2D eigenvalue weighted by Gasteiger charge is -2.28. The number of esters is 1. The van der Waals surface area contributed by atoms with Crippen LogP contribution in [0.3, 0.4) is 0 Å². The molecule has 0 N–H and O–H groups in total. The number of ether oxygens (including phenoxy) is 1. The second-order valence-electron chi connectivity index (χ2n) is 6.56. The van der Waals surface area contributed by atoms with Gasteiger partial charge in [-0.1, -0.05) is 30.3 Å². The second-order valence-corrected chi connectivity index (χ2v) is 9.57. The highest BCUT2D eigenvalue weighted by Gasteiger charge is 2.34. The Morgan fingerprint density at radius 1 is 1.21 bits per heavy atom. The predicted molar refractivity (Wildman–Crippen MR) is 108 cm³/mol. The summed E-state index contributed by atoms with van der Waals surface area (Å²) in [5.74, 6) is -1.00. The van der Waals surface area contributed by atoms with Gasteiger partial charge in [-0.25, -0.2) is 13.2 Å². The molecule has 0 aliphatic carbocycles. The maximum absolute atomic E-state index is 12.7. The Morgan fingerprint density at radius 3 is 2.64 bits per heavy atom. The Morgan fingerprint density at radius 2 is 2.00 bits per heavy atom. The first kappa shape index (κ1) is 20.3. The zero-order valence-corrected chi connectivity index (χ0v) is 16.8. The van der Waals surface area contributed by atoms with Crippen molar-refractivity contribution >= 4 is 39.1 Å². The van der Waals surface area contributed by atoms with Crippen LogP contribution in [0.1, 0.15) is 17.5 Å². The summed E-state index contributed by atoms with van der Waals surface area (Å²) in [5.41, 5.74) is 1.78. The van der Waals surface area contributed by atoms with Gasteiger partial charge in [-0.15, -0.1) is 0 Å². The monoisotopic (exact) mass is 419 g/mol. The smallest absolute Gasteiger partial charge is 0.331 e. The molecular formula is C20H21NO5S2. The Balaban J connectivity index is 1.63. The summed E-state index contributed by atoms with van der Waals surface area (Å²) in [7, 11) is -3.14. The minimum atomic E-state index is -3.14. The van der Waals surface area contributed by atoms with Crippen LogP contribution >= 0.6 is 11.3 Å². The maximum Gasteiger partial charge on any atom is 0.331 e. The number of carbonyl (C=O) groups excluding carboxylic acids is 2. The summed E-state index contributed by atoms with van der Waals surface area (Å²) in [6.07, 6.45) is 3.29. The van der Waals surface area contributed by atoms with Crippen LogP contribution in [0.15, 0.2) is 53.2 Å². The molecule has 0 spiro atoms. The van der Waals surface area contributed by atoms with Crippen LogP contribution in [0.25, 0.3) is 6.08 Å². The molecular weight excluding hydrogens is 398 g/mol. The zero-order valence-electron chi connectivity index (χ0n) is 15.2. The van der Waals surface area contributed by atoms with Crippen LogP contribution in [0.4, 0.5) is 0 Å². The number of sulfone groups is 1. The van der Waals surface area contributed by atoms with Crippen molar-refractivity contribution in [2.24, 2.45) is 0 Å². The van der Waals surface area contributed by atoms with Crippen LogP contribution in [0.5, 0.6) is 0 Å². The van der Waals surface area contributed by atoms with Crippen LogP contribution in [-0.2, 0) is 30.7 Å². The maximum atomic E-state index is 12.7. The molecule has 1 aromatic carbocycles. The molecule has 28 heavy (non-hydrogen) atoms. The summed E-state index contributed by atoms with van der Waals surface area (Å²) in [6, 6.07) is 10.8. The molecule has 1 fully saturated rings. The first-order valence-corrected chi connectivity index (χ1v) is 11.6. The van der Waals surface area contributed by atoms with E-state index < -0.39 is 34.4 Å². The van der Waals surface area contributed by atoms with Crippen molar-refractivity contribution in [1.29, 1.82) is 0 Å². The third kappa shape index (κ3) is 5.77. The fourth-order valence-electron chi connectivity index (χ4n) is 3.02. The Labute approximate surface area is 168 Å². The first-order valence-electron chi connectivity index (χ1n) is 8.84. The van der Waals surface area contributed by atoms with Gasteiger partial charge in [-0.2, -0.15) is 11.3 Å². The molecule has 2 aromatic rings. The molecule has 148 valence electrons. The van der Waals surface area contributed by atoms with E-state index in [1.165, 1.54) is 22.3 Å². The van der Waals surface area contributed by atoms with E-state index in [-0.39, 0.29) is 18.1 Å². The Bertz CT molecular complexity index is 936. The quantitative estimate of drug-likeness (QED) is 0.509. The van der Waals surface area contributed by atoms with Gasteiger partial charge in [0.2, 0.25) is 0 Å². The highest BCUT2D eigenvalue weighted by molar-refractivity contribution is 7.91. The summed E-state index contributed by atoms with van der Waals surface area (Å²) in [4.78, 5) is 26.1. The number of rotatable bonds is 7. The number of amides is 1. The van der Waals surface area contributed by atoms with Crippen LogP contribution in [-0.4, -0.2) is 49.3 Å². The summed E-state index contributed by atoms with van der Waals surface area (Å²) in [6.45, 7) is -0.141. The zero-order chi connectivity index (χ0) is 20.0. The molecule has 1 aliphatic heterocycles. The van der Waals surface area contributed by atoms with Crippen molar-refractivity contribution in [1.82, 2.24) is 4.90 Å². The van der Waals surface area contributed by atoms with Crippen molar-refractivity contribution in [3.05, 3.63) is 64.4 Å². The molecule has 2 heterocycles. The van der Waals surface area contributed by atoms with E-state index in [0.717, 1.165) is 11.1 Å². The molecule has 6 nitrogen and oxygen atoms in total. The number of benzene rings is 1. The normalized spacial score (nSPS) is 18.2. The van der Waals surface area contributed by atoms with Gasteiger partial charge in [0.25, 0.3) is 5.91 Å². The average molecular weight is 420 g/mol. The molecule has 1 aromatic heterocycles. The Hall–Kier alpha value is -2.45. The average Bonchev–Trinajstić information content (AvgIpc) is 3.32. The lowest BCUT2D eigenvalue weighted by molar-refractivity contribution is -0.149. The highest BCUT2D eigenvalue weighted by Crippen LogP contribution is 2.20. The molecule has 0 bridgehead atoms. The van der Waals surface area contributed by atoms with E-state index in [2.05, 4.69) is 0 Å². The topological polar surface area (TPSA) is 80.8 Å². The summed E-state index contributed by atoms with van der Waals surface area (Å²) >= 11 is 1.51. The van der Waals surface area contributed by atoms with Gasteiger partial charge in [0.1, 0.15) is 0 Å². The van der Waals surface area contributed by atoms with Crippen molar-refractivity contribution < 1.29 is 22.7 Å². The molecule has 0 saturated carbocycles. The second kappa shape index (κ2) is 9.16. The SMILES string of the molecule is O=C(/C=C/c1ccsc1)OCC(=O)N(Cc1ccccc1)[C@H]1CCS(=O)(=O)C1. The van der Waals surface area contributed by atoms with Crippen molar-refractivity contribution in [3.63, 3.8) is 0 Å². The molecule has 1 atom stereocenters. The molecule has 1 amide bonds. The minimum Gasteiger partial charge on any atom is -0.452 e. The van der Waals surface area contributed by atoms with E-state index in [9.17, 15) is 18.0 Å². The first-order chi connectivity index (χ1) is 13.4. The molecule has 1 saturated heterocycles. The summed E-state index contributed by atoms with van der Waals surface area (Å²) in [5, 5.41) is 3.78. The molecule has 8 heteroatoms. The van der Waals surface area contributed by atoms with E-state index in [1.807, 2.05) is 47.2 Å². The number of nitrogens with zero attached hydrogens (tertiary/aromatic N) is 1. The van der Waals surface area contributed by atoms with E-state index in [0.29, 0.717) is 6.42 Å². The molecule has 0 radical (unpaired) electrons. The lowest BCUT2D eigenvalue weighted by Crippen LogP contribution is -2.42. The standard InChI is InChI=1S/C20H21NO5S2/c22-19(13-26-20(23)7-6-17-8-10-27-14-17)21(12-16-4-2-1-3-5-16)18-9-11-28(24,25)15-18/h1-8,10,14,18H,9,11-13,15H2/b7-6+/t18-/m0/s1. The van der Waals surface area contributed by atoms with Crippen molar-refractivity contribution in [2.75, 3.05) is 18.1 Å². The number of carbonyl (C=O) groups is 2. The third-order valence-corrected chi connectivity index (χ3v) is 6.91. The van der Waals surface area contributed by atoms with Gasteiger partial charge in [0, 0.05) is 18.7 Å². The largest absolute Gasteiger partial charge is 0.452 e. The third-order valence-electron chi connectivity index (χ3n) is 4.46. The lowest BCUT2D eigenvalue weighted by atomic mass is 10.1. The van der Waals surface area contributed by atoms with Crippen molar-refractivity contribution in [3.8, 4) is 0 Å². The fraction of sp³-hybridized carbons (Fsp3) is 0.300. The molecule has 1 aliphatic rings. The van der Waals surface area contributed by atoms with Gasteiger partial charge >= 0.3 is 5.97 Å². The molecule has 3 rings (SSSR count).